The van der Waals surface area contributed by atoms with Crippen LogP contribution >= 0.6 is 11.3 Å². The van der Waals surface area contributed by atoms with Crippen molar-refractivity contribution in [2.24, 2.45) is 0 Å². The zero-order valence-electron chi connectivity index (χ0n) is 8.33. The van der Waals surface area contributed by atoms with E-state index in [9.17, 15) is 4.79 Å². The number of carbonyl (C=O) groups is 1. The minimum Gasteiger partial charge on any atom is -0.297 e. The maximum absolute atomic E-state index is 11.1. The van der Waals surface area contributed by atoms with Gasteiger partial charge in [0.25, 0.3) is 0 Å². The molecule has 4 heteroatoms. The largest absolute Gasteiger partial charge is 0.297 e. The van der Waals surface area contributed by atoms with E-state index in [1.807, 2.05) is 46.3 Å². The highest BCUT2D eigenvalue weighted by molar-refractivity contribution is 7.13. The SMILES string of the molecule is O=Cc1c(-c2cccs2)nc2ccccn12. The predicted molar refractivity (Wildman–Crippen MR) is 63.9 cm³/mol. The summed E-state index contributed by atoms with van der Waals surface area (Å²) in [7, 11) is 0. The minimum absolute atomic E-state index is 0.609. The fourth-order valence-corrected chi connectivity index (χ4v) is 2.44. The van der Waals surface area contributed by atoms with Gasteiger partial charge in [-0.15, -0.1) is 11.3 Å². The van der Waals surface area contributed by atoms with Crippen molar-refractivity contribution >= 4 is 23.3 Å². The highest BCUT2D eigenvalue weighted by Gasteiger charge is 2.13. The zero-order valence-corrected chi connectivity index (χ0v) is 9.15. The fraction of sp³-hybridized carbons (Fsp3) is 0. The van der Waals surface area contributed by atoms with Gasteiger partial charge in [-0.3, -0.25) is 9.20 Å². The first-order chi connectivity index (χ1) is 7.90. The van der Waals surface area contributed by atoms with Crippen LogP contribution in [0.25, 0.3) is 16.2 Å². The number of aromatic nitrogens is 2. The van der Waals surface area contributed by atoms with Gasteiger partial charge in [0.1, 0.15) is 17.0 Å². The molecule has 0 saturated heterocycles. The monoisotopic (exact) mass is 228 g/mol. The molecule has 3 heterocycles. The number of hydrogen-bond donors (Lipinski definition) is 0. The van der Waals surface area contributed by atoms with Gasteiger partial charge in [0.2, 0.25) is 0 Å². The van der Waals surface area contributed by atoms with Crippen molar-refractivity contribution in [3.63, 3.8) is 0 Å². The Morgan fingerprint density at radius 3 is 2.94 bits per heavy atom. The lowest BCUT2D eigenvalue weighted by Gasteiger charge is -1.94. The van der Waals surface area contributed by atoms with Crippen LogP contribution in [0.5, 0.6) is 0 Å². The zero-order chi connectivity index (χ0) is 11.0. The molecular weight excluding hydrogens is 220 g/mol. The number of carbonyl (C=O) groups excluding carboxylic acids is 1. The molecule has 0 spiro atoms. The van der Waals surface area contributed by atoms with Crippen LogP contribution in [0.1, 0.15) is 10.5 Å². The molecule has 0 aromatic carbocycles. The van der Waals surface area contributed by atoms with Gasteiger partial charge in [-0.2, -0.15) is 0 Å². The van der Waals surface area contributed by atoms with Crippen LogP contribution in [0.3, 0.4) is 0 Å². The van der Waals surface area contributed by atoms with Crippen LogP contribution in [0.15, 0.2) is 41.9 Å². The average molecular weight is 228 g/mol. The molecule has 78 valence electrons. The Bertz CT molecular complexity index is 640. The number of thiophene rings is 1. The molecule has 0 atom stereocenters. The Hall–Kier alpha value is -1.94. The standard InChI is InChI=1S/C12H8N2OS/c15-8-9-12(10-4-3-7-16-10)13-11-5-1-2-6-14(9)11/h1-8H. The molecule has 3 aromatic heterocycles. The van der Waals surface area contributed by atoms with Crippen LogP contribution in [0, 0.1) is 0 Å². The molecule has 0 saturated carbocycles. The van der Waals surface area contributed by atoms with Crippen molar-refractivity contribution < 1.29 is 4.79 Å². The van der Waals surface area contributed by atoms with E-state index in [1.54, 1.807) is 11.3 Å². The number of imidazole rings is 1. The number of rotatable bonds is 2. The molecule has 0 aliphatic rings. The van der Waals surface area contributed by atoms with Gasteiger partial charge < -0.3 is 0 Å². The van der Waals surface area contributed by atoms with E-state index >= 15 is 0 Å². The van der Waals surface area contributed by atoms with Gasteiger partial charge in [0.05, 0.1) is 4.88 Å². The maximum Gasteiger partial charge on any atom is 0.169 e. The molecule has 0 aliphatic carbocycles. The summed E-state index contributed by atoms with van der Waals surface area (Å²) in [5.41, 5.74) is 2.17. The van der Waals surface area contributed by atoms with Gasteiger partial charge >= 0.3 is 0 Å². The minimum atomic E-state index is 0.609. The first-order valence-electron chi connectivity index (χ1n) is 4.86. The van der Waals surface area contributed by atoms with Crippen LogP contribution in [-0.2, 0) is 0 Å². The van der Waals surface area contributed by atoms with Crippen molar-refractivity contribution in [1.82, 2.24) is 9.38 Å². The van der Waals surface area contributed by atoms with Crippen LogP contribution in [0.2, 0.25) is 0 Å². The van der Waals surface area contributed by atoms with E-state index in [0.29, 0.717) is 5.69 Å². The highest BCUT2D eigenvalue weighted by atomic mass is 32.1. The summed E-state index contributed by atoms with van der Waals surface area (Å²) in [5.74, 6) is 0. The Labute approximate surface area is 96.0 Å². The molecule has 3 aromatic rings. The molecule has 0 bridgehead atoms. The third-order valence-electron chi connectivity index (χ3n) is 2.43. The van der Waals surface area contributed by atoms with Crippen LogP contribution < -0.4 is 0 Å². The summed E-state index contributed by atoms with van der Waals surface area (Å²) in [5, 5.41) is 1.98. The first kappa shape index (κ1) is 9.30. The number of pyridine rings is 1. The molecule has 0 fully saturated rings. The molecule has 0 N–H and O–H groups in total. The maximum atomic E-state index is 11.1. The lowest BCUT2D eigenvalue weighted by atomic mass is 10.3. The molecular formula is C12H8N2OS. The van der Waals surface area contributed by atoms with E-state index in [2.05, 4.69) is 4.98 Å². The average Bonchev–Trinajstić information content (AvgIpc) is 2.95. The normalized spacial score (nSPS) is 10.8. The summed E-state index contributed by atoms with van der Waals surface area (Å²) >= 11 is 1.59. The van der Waals surface area contributed by atoms with Crippen LogP contribution in [0.4, 0.5) is 0 Å². The Morgan fingerprint density at radius 2 is 2.19 bits per heavy atom. The first-order valence-corrected chi connectivity index (χ1v) is 5.74. The van der Waals surface area contributed by atoms with Crippen molar-refractivity contribution in [3.8, 4) is 10.6 Å². The predicted octanol–water partition coefficient (Wildman–Crippen LogP) is 2.88. The van der Waals surface area contributed by atoms with Crippen molar-refractivity contribution in [2.45, 2.75) is 0 Å². The molecule has 3 nitrogen and oxygen atoms in total. The third kappa shape index (κ3) is 1.27. The second kappa shape index (κ2) is 3.57. The smallest absolute Gasteiger partial charge is 0.169 e. The number of hydrogen-bond acceptors (Lipinski definition) is 3. The number of aldehydes is 1. The van der Waals surface area contributed by atoms with Crippen LogP contribution in [-0.4, -0.2) is 15.7 Å². The van der Waals surface area contributed by atoms with Crippen molar-refractivity contribution in [3.05, 3.63) is 47.6 Å². The Morgan fingerprint density at radius 1 is 1.25 bits per heavy atom. The van der Waals surface area contributed by atoms with Gasteiger partial charge in [0, 0.05) is 6.20 Å². The summed E-state index contributed by atoms with van der Waals surface area (Å²) < 4.78 is 1.81. The summed E-state index contributed by atoms with van der Waals surface area (Å²) in [4.78, 5) is 16.6. The van der Waals surface area contributed by atoms with E-state index in [-0.39, 0.29) is 0 Å². The lowest BCUT2D eigenvalue weighted by molar-refractivity contribution is 0.111. The third-order valence-corrected chi connectivity index (χ3v) is 3.31. The second-order valence-electron chi connectivity index (χ2n) is 3.37. The highest BCUT2D eigenvalue weighted by Crippen LogP contribution is 2.27. The molecule has 0 unspecified atom stereocenters. The van der Waals surface area contributed by atoms with Gasteiger partial charge in [-0.05, 0) is 23.6 Å². The number of nitrogens with zero attached hydrogens (tertiary/aromatic N) is 2. The summed E-state index contributed by atoms with van der Waals surface area (Å²) in [6.45, 7) is 0. The summed E-state index contributed by atoms with van der Waals surface area (Å²) in [6, 6.07) is 9.62. The van der Waals surface area contributed by atoms with Gasteiger partial charge in [-0.1, -0.05) is 12.1 Å². The van der Waals surface area contributed by atoms with E-state index in [0.717, 1.165) is 22.5 Å². The van der Waals surface area contributed by atoms with E-state index in [1.165, 1.54) is 0 Å². The topological polar surface area (TPSA) is 34.4 Å². The van der Waals surface area contributed by atoms with E-state index in [4.69, 9.17) is 0 Å². The van der Waals surface area contributed by atoms with Crippen molar-refractivity contribution in [1.29, 1.82) is 0 Å². The Kier molecular flexibility index (Phi) is 2.08. The van der Waals surface area contributed by atoms with Crippen molar-refractivity contribution in [2.75, 3.05) is 0 Å². The van der Waals surface area contributed by atoms with Gasteiger partial charge in [0.15, 0.2) is 6.29 Å². The van der Waals surface area contributed by atoms with Gasteiger partial charge in [-0.25, -0.2) is 4.98 Å². The quantitative estimate of drug-likeness (QED) is 0.632. The molecule has 0 amide bonds. The molecule has 0 aliphatic heterocycles. The Balaban J connectivity index is 2.37. The molecule has 0 radical (unpaired) electrons. The summed E-state index contributed by atoms with van der Waals surface area (Å²) in [6.07, 6.45) is 2.71. The fourth-order valence-electron chi connectivity index (χ4n) is 1.72. The second-order valence-corrected chi connectivity index (χ2v) is 4.32. The lowest BCUT2D eigenvalue weighted by Crippen LogP contribution is -1.90. The molecule has 3 rings (SSSR count). The van der Waals surface area contributed by atoms with E-state index < -0.39 is 0 Å². The number of fused-ring (bicyclic) bond motifs is 1. The molecule has 16 heavy (non-hydrogen) atoms.